The maximum Gasteiger partial charge on any atom is 0.245 e. The molecule has 0 saturated heterocycles. The van der Waals surface area contributed by atoms with E-state index in [-0.39, 0.29) is 0 Å². The number of hydrogen-bond donors (Lipinski definition) is 2. The first-order chi connectivity index (χ1) is 13.9. The standard InChI is InChI=1S/C21H18N6O/c1-2-9-17(10-3-1)28-19-12-5-4-11-18(19)25-20-15-24-27-21(26-20)23-14-16-8-6-7-13-22-16/h1-13,15H,14H2,(H2,23,25,26,27). The molecular weight excluding hydrogens is 352 g/mol. The van der Waals surface area contributed by atoms with Gasteiger partial charge in [0.25, 0.3) is 0 Å². The van der Waals surface area contributed by atoms with Crippen LogP contribution in [0.25, 0.3) is 0 Å². The molecule has 2 N–H and O–H groups in total. The minimum Gasteiger partial charge on any atom is -0.455 e. The number of hydrogen-bond acceptors (Lipinski definition) is 7. The highest BCUT2D eigenvalue weighted by Gasteiger charge is 2.07. The average molecular weight is 370 g/mol. The third-order valence-corrected chi connectivity index (χ3v) is 3.83. The Hall–Kier alpha value is -4.00. The fourth-order valence-electron chi connectivity index (χ4n) is 2.52. The molecule has 4 rings (SSSR count). The van der Waals surface area contributed by atoms with Gasteiger partial charge in [0.1, 0.15) is 5.75 Å². The molecule has 2 aromatic carbocycles. The van der Waals surface area contributed by atoms with Gasteiger partial charge in [-0.2, -0.15) is 10.1 Å². The third-order valence-electron chi connectivity index (χ3n) is 3.83. The fourth-order valence-corrected chi connectivity index (χ4v) is 2.52. The summed E-state index contributed by atoms with van der Waals surface area (Å²) in [6, 6.07) is 23.0. The summed E-state index contributed by atoms with van der Waals surface area (Å²) in [7, 11) is 0. The largest absolute Gasteiger partial charge is 0.455 e. The van der Waals surface area contributed by atoms with E-state index in [1.54, 1.807) is 12.4 Å². The minimum atomic E-state index is 0.414. The Morgan fingerprint density at radius 2 is 1.68 bits per heavy atom. The number of para-hydroxylation sites is 3. The van der Waals surface area contributed by atoms with Gasteiger partial charge in [-0.1, -0.05) is 36.4 Å². The van der Waals surface area contributed by atoms with Gasteiger partial charge in [0, 0.05) is 6.20 Å². The topological polar surface area (TPSA) is 84.9 Å². The lowest BCUT2D eigenvalue weighted by Crippen LogP contribution is -2.07. The average Bonchev–Trinajstić information content (AvgIpc) is 2.75. The third kappa shape index (κ3) is 4.59. The molecule has 0 spiro atoms. The van der Waals surface area contributed by atoms with Gasteiger partial charge in [-0.3, -0.25) is 4.98 Å². The van der Waals surface area contributed by atoms with E-state index < -0.39 is 0 Å². The van der Waals surface area contributed by atoms with E-state index in [0.717, 1.165) is 17.1 Å². The van der Waals surface area contributed by atoms with Crippen molar-refractivity contribution in [2.24, 2.45) is 0 Å². The lowest BCUT2D eigenvalue weighted by atomic mass is 10.3. The summed E-state index contributed by atoms with van der Waals surface area (Å²) in [4.78, 5) is 8.72. The zero-order valence-corrected chi connectivity index (χ0v) is 15.0. The second-order valence-electron chi connectivity index (χ2n) is 5.88. The molecule has 28 heavy (non-hydrogen) atoms. The summed E-state index contributed by atoms with van der Waals surface area (Å²) in [5, 5.41) is 14.4. The van der Waals surface area contributed by atoms with Crippen LogP contribution in [-0.2, 0) is 6.54 Å². The summed E-state index contributed by atoms with van der Waals surface area (Å²) < 4.78 is 5.97. The lowest BCUT2D eigenvalue weighted by Gasteiger charge is -2.12. The van der Waals surface area contributed by atoms with E-state index in [4.69, 9.17) is 4.74 Å². The van der Waals surface area contributed by atoms with Crippen LogP contribution in [0.3, 0.4) is 0 Å². The van der Waals surface area contributed by atoms with Gasteiger partial charge >= 0.3 is 0 Å². The zero-order valence-electron chi connectivity index (χ0n) is 15.0. The van der Waals surface area contributed by atoms with Crippen LogP contribution in [0.4, 0.5) is 17.5 Å². The van der Waals surface area contributed by atoms with Crippen LogP contribution in [0.2, 0.25) is 0 Å². The van der Waals surface area contributed by atoms with Gasteiger partial charge in [-0.05, 0) is 36.4 Å². The number of benzene rings is 2. The monoisotopic (exact) mass is 370 g/mol. The molecule has 2 heterocycles. The Morgan fingerprint density at radius 3 is 2.54 bits per heavy atom. The number of nitrogens with zero attached hydrogens (tertiary/aromatic N) is 4. The summed E-state index contributed by atoms with van der Waals surface area (Å²) in [5.74, 6) is 2.42. The summed E-state index contributed by atoms with van der Waals surface area (Å²) in [6.45, 7) is 0.514. The molecule has 0 atom stereocenters. The summed E-state index contributed by atoms with van der Waals surface area (Å²) >= 11 is 0. The van der Waals surface area contributed by atoms with Crippen LogP contribution >= 0.6 is 0 Å². The van der Waals surface area contributed by atoms with Crippen molar-refractivity contribution in [2.45, 2.75) is 6.54 Å². The van der Waals surface area contributed by atoms with E-state index in [1.165, 1.54) is 0 Å². The Balaban J connectivity index is 1.47. The normalized spacial score (nSPS) is 10.3. The number of rotatable bonds is 7. The maximum atomic E-state index is 5.97. The van der Waals surface area contributed by atoms with Gasteiger partial charge in [0.05, 0.1) is 24.1 Å². The van der Waals surface area contributed by atoms with Crippen LogP contribution in [0.1, 0.15) is 5.69 Å². The Labute approximate surface area is 162 Å². The highest BCUT2D eigenvalue weighted by Crippen LogP contribution is 2.30. The second kappa shape index (κ2) is 8.59. The van der Waals surface area contributed by atoms with Gasteiger partial charge < -0.3 is 15.4 Å². The van der Waals surface area contributed by atoms with Crippen molar-refractivity contribution in [1.82, 2.24) is 20.2 Å². The predicted molar refractivity (Wildman–Crippen MR) is 108 cm³/mol. The molecule has 138 valence electrons. The first-order valence-electron chi connectivity index (χ1n) is 8.79. The van der Waals surface area contributed by atoms with Crippen LogP contribution in [0.5, 0.6) is 11.5 Å². The smallest absolute Gasteiger partial charge is 0.245 e. The lowest BCUT2D eigenvalue weighted by molar-refractivity contribution is 0.485. The number of nitrogens with one attached hydrogen (secondary N) is 2. The molecule has 0 aliphatic rings. The number of anilines is 3. The van der Waals surface area contributed by atoms with Gasteiger partial charge in [0.2, 0.25) is 5.95 Å². The first kappa shape index (κ1) is 17.4. The molecule has 0 amide bonds. The van der Waals surface area contributed by atoms with Crippen LogP contribution in [-0.4, -0.2) is 20.2 Å². The van der Waals surface area contributed by atoms with Crippen LogP contribution in [0.15, 0.2) is 85.2 Å². The molecule has 7 nitrogen and oxygen atoms in total. The van der Waals surface area contributed by atoms with Crippen molar-refractivity contribution >= 4 is 17.5 Å². The Kier molecular flexibility index (Phi) is 5.34. The SMILES string of the molecule is c1ccc(Oc2ccccc2Nc2cnnc(NCc3ccccn3)n2)cc1. The second-order valence-corrected chi connectivity index (χ2v) is 5.88. The first-order valence-corrected chi connectivity index (χ1v) is 8.79. The van der Waals surface area contributed by atoms with Crippen molar-refractivity contribution in [3.8, 4) is 11.5 Å². The molecule has 2 aromatic heterocycles. The Bertz CT molecular complexity index is 1030. The summed E-state index contributed by atoms with van der Waals surface area (Å²) in [5.41, 5.74) is 1.67. The predicted octanol–water partition coefficient (Wildman–Crippen LogP) is 4.41. The maximum absolute atomic E-state index is 5.97. The molecule has 0 saturated carbocycles. The quantitative estimate of drug-likeness (QED) is 0.498. The summed E-state index contributed by atoms with van der Waals surface area (Å²) in [6.07, 6.45) is 3.31. The van der Waals surface area contributed by atoms with Crippen LogP contribution in [0, 0.1) is 0 Å². The molecule has 0 fully saturated rings. The van der Waals surface area contributed by atoms with E-state index in [1.807, 2.05) is 72.8 Å². The van der Waals surface area contributed by atoms with Crippen molar-refractivity contribution in [1.29, 1.82) is 0 Å². The molecule has 7 heteroatoms. The van der Waals surface area contributed by atoms with E-state index >= 15 is 0 Å². The Morgan fingerprint density at radius 1 is 0.857 bits per heavy atom. The number of pyridine rings is 1. The van der Waals surface area contributed by atoms with E-state index in [9.17, 15) is 0 Å². The molecular formula is C21H18N6O. The highest BCUT2D eigenvalue weighted by molar-refractivity contribution is 5.64. The van der Waals surface area contributed by atoms with Gasteiger partial charge in [-0.15, -0.1) is 5.10 Å². The molecule has 0 radical (unpaired) electrons. The number of aromatic nitrogens is 4. The van der Waals surface area contributed by atoms with E-state index in [0.29, 0.717) is 24.1 Å². The molecule has 0 aliphatic heterocycles. The molecule has 4 aromatic rings. The van der Waals surface area contributed by atoms with Crippen molar-refractivity contribution in [3.63, 3.8) is 0 Å². The van der Waals surface area contributed by atoms with Crippen molar-refractivity contribution in [2.75, 3.05) is 10.6 Å². The molecule has 0 aliphatic carbocycles. The molecule has 0 bridgehead atoms. The zero-order chi connectivity index (χ0) is 19.0. The minimum absolute atomic E-state index is 0.414. The highest BCUT2D eigenvalue weighted by atomic mass is 16.5. The van der Waals surface area contributed by atoms with Gasteiger partial charge in [-0.25, -0.2) is 0 Å². The van der Waals surface area contributed by atoms with Crippen molar-refractivity contribution in [3.05, 3.63) is 90.9 Å². The molecule has 0 unspecified atom stereocenters. The number of ether oxygens (including phenoxy) is 1. The van der Waals surface area contributed by atoms with Crippen molar-refractivity contribution < 1.29 is 4.74 Å². The van der Waals surface area contributed by atoms with E-state index in [2.05, 4.69) is 30.8 Å². The van der Waals surface area contributed by atoms with Crippen LogP contribution < -0.4 is 15.4 Å². The van der Waals surface area contributed by atoms with Gasteiger partial charge in [0.15, 0.2) is 11.6 Å². The fraction of sp³-hybridized carbons (Fsp3) is 0.0476.